The van der Waals surface area contributed by atoms with Crippen LogP contribution in [0.3, 0.4) is 0 Å². The maximum absolute atomic E-state index is 12.4. The highest BCUT2D eigenvalue weighted by molar-refractivity contribution is 7.17. The molecule has 0 unspecified atom stereocenters. The average molecular weight is 296 g/mol. The zero-order chi connectivity index (χ0) is 14.6. The Morgan fingerprint density at radius 3 is 2.53 bits per heavy atom. The van der Waals surface area contributed by atoms with Crippen molar-refractivity contribution in [3.05, 3.63) is 5.01 Å². The highest BCUT2D eigenvalue weighted by Gasteiger charge is 2.35. The van der Waals surface area contributed by atoms with Crippen LogP contribution in [0.2, 0.25) is 0 Å². The quantitative estimate of drug-likeness (QED) is 0.906. The van der Waals surface area contributed by atoms with E-state index in [4.69, 9.17) is 0 Å². The van der Waals surface area contributed by atoms with Gasteiger partial charge in [-0.3, -0.25) is 4.79 Å². The van der Waals surface area contributed by atoms with Gasteiger partial charge in [0.25, 0.3) is 5.91 Å². The Kier molecular flexibility index (Phi) is 5.10. The van der Waals surface area contributed by atoms with Gasteiger partial charge in [-0.15, -0.1) is 10.2 Å². The van der Waals surface area contributed by atoms with Crippen LogP contribution < -0.4 is 5.32 Å². The van der Waals surface area contributed by atoms with Crippen molar-refractivity contribution in [2.24, 2.45) is 0 Å². The van der Waals surface area contributed by atoms with Crippen LogP contribution in [0.25, 0.3) is 0 Å². The predicted octanol–water partition coefficient (Wildman–Crippen LogP) is 2.38. The maximum Gasteiger partial charge on any atom is 0.406 e. The Morgan fingerprint density at radius 1 is 1.42 bits per heavy atom. The van der Waals surface area contributed by atoms with Crippen LogP contribution in [0.1, 0.15) is 30.6 Å². The standard InChI is InChI=1S/C10H15F3N4OS/c1-4-14-9-16-15-7(19-9)8(18)17(6(2)3)5-10(11,12)13/h6H,4-5H2,1-3H3,(H,14,16). The van der Waals surface area contributed by atoms with Crippen molar-refractivity contribution >= 4 is 22.4 Å². The Hall–Kier alpha value is -1.38. The van der Waals surface area contributed by atoms with Crippen molar-refractivity contribution in [1.29, 1.82) is 0 Å². The van der Waals surface area contributed by atoms with Crippen LogP contribution in [0, 0.1) is 0 Å². The summed E-state index contributed by atoms with van der Waals surface area (Å²) in [6, 6.07) is -0.569. The van der Waals surface area contributed by atoms with E-state index in [1.807, 2.05) is 6.92 Å². The Morgan fingerprint density at radius 2 is 2.05 bits per heavy atom. The van der Waals surface area contributed by atoms with Gasteiger partial charge in [0.1, 0.15) is 6.54 Å². The molecule has 9 heteroatoms. The number of amides is 1. The van der Waals surface area contributed by atoms with Crippen molar-refractivity contribution in [2.75, 3.05) is 18.4 Å². The summed E-state index contributed by atoms with van der Waals surface area (Å²) in [5, 5.41) is 10.5. The molecule has 108 valence electrons. The van der Waals surface area contributed by atoms with E-state index in [0.717, 1.165) is 16.2 Å². The lowest BCUT2D eigenvalue weighted by atomic mass is 10.3. The molecule has 0 radical (unpaired) electrons. The number of aromatic nitrogens is 2. The number of hydrogen-bond acceptors (Lipinski definition) is 5. The lowest BCUT2D eigenvalue weighted by Gasteiger charge is -2.26. The molecule has 0 saturated carbocycles. The van der Waals surface area contributed by atoms with E-state index in [-0.39, 0.29) is 5.01 Å². The summed E-state index contributed by atoms with van der Waals surface area (Å²) in [7, 11) is 0. The van der Waals surface area contributed by atoms with Gasteiger partial charge in [0, 0.05) is 12.6 Å². The average Bonchev–Trinajstić information content (AvgIpc) is 2.72. The third kappa shape index (κ3) is 4.66. The number of nitrogens with zero attached hydrogens (tertiary/aromatic N) is 3. The minimum Gasteiger partial charge on any atom is -0.360 e. The number of halogens is 3. The van der Waals surface area contributed by atoms with Gasteiger partial charge >= 0.3 is 6.18 Å². The highest BCUT2D eigenvalue weighted by Crippen LogP contribution is 2.22. The van der Waals surface area contributed by atoms with Gasteiger partial charge in [0.15, 0.2) is 0 Å². The molecule has 0 bridgehead atoms. The first kappa shape index (κ1) is 15.7. The van der Waals surface area contributed by atoms with Crippen LogP contribution in [-0.4, -0.2) is 46.3 Å². The SMILES string of the molecule is CCNc1nnc(C(=O)N(CC(F)(F)F)C(C)C)s1. The largest absolute Gasteiger partial charge is 0.406 e. The first-order valence-corrected chi connectivity index (χ1v) is 6.51. The van der Waals surface area contributed by atoms with E-state index >= 15 is 0 Å². The smallest absolute Gasteiger partial charge is 0.360 e. The molecule has 1 aromatic rings. The number of alkyl halides is 3. The monoisotopic (exact) mass is 296 g/mol. The third-order valence-corrected chi connectivity index (χ3v) is 3.04. The van der Waals surface area contributed by atoms with Crippen molar-refractivity contribution < 1.29 is 18.0 Å². The summed E-state index contributed by atoms with van der Waals surface area (Å²) in [6.45, 7) is 4.19. The van der Waals surface area contributed by atoms with Crippen molar-refractivity contribution in [3.8, 4) is 0 Å². The summed E-state index contributed by atoms with van der Waals surface area (Å²) >= 11 is 0.945. The number of anilines is 1. The summed E-state index contributed by atoms with van der Waals surface area (Å²) < 4.78 is 37.3. The van der Waals surface area contributed by atoms with E-state index in [9.17, 15) is 18.0 Å². The van der Waals surface area contributed by atoms with Crippen LogP contribution in [0.15, 0.2) is 0 Å². The number of rotatable bonds is 5. The van der Waals surface area contributed by atoms with E-state index in [0.29, 0.717) is 11.7 Å². The molecule has 1 aromatic heterocycles. The zero-order valence-electron chi connectivity index (χ0n) is 10.8. The lowest BCUT2D eigenvalue weighted by molar-refractivity contribution is -0.143. The summed E-state index contributed by atoms with van der Waals surface area (Å²) in [5.74, 6) is -0.756. The van der Waals surface area contributed by atoms with Gasteiger partial charge < -0.3 is 10.2 Å². The van der Waals surface area contributed by atoms with Crippen molar-refractivity contribution in [3.63, 3.8) is 0 Å². The van der Waals surface area contributed by atoms with Gasteiger partial charge in [0.05, 0.1) is 0 Å². The molecule has 0 aromatic carbocycles. The minimum atomic E-state index is -4.44. The van der Waals surface area contributed by atoms with E-state index in [2.05, 4.69) is 15.5 Å². The second-order valence-electron chi connectivity index (χ2n) is 4.08. The maximum atomic E-state index is 12.4. The molecule has 0 aliphatic heterocycles. The number of nitrogens with one attached hydrogen (secondary N) is 1. The summed E-state index contributed by atoms with van der Waals surface area (Å²) in [4.78, 5) is 12.7. The molecule has 1 heterocycles. The molecule has 0 spiro atoms. The fourth-order valence-corrected chi connectivity index (χ4v) is 2.10. The molecule has 1 amide bonds. The Labute approximate surface area is 112 Å². The van der Waals surface area contributed by atoms with E-state index in [1.54, 1.807) is 0 Å². The van der Waals surface area contributed by atoms with Gasteiger partial charge in [-0.1, -0.05) is 11.3 Å². The molecule has 5 nitrogen and oxygen atoms in total. The fourth-order valence-electron chi connectivity index (χ4n) is 1.34. The number of carbonyl (C=O) groups excluding carboxylic acids is 1. The van der Waals surface area contributed by atoms with Crippen molar-refractivity contribution in [2.45, 2.75) is 33.0 Å². The minimum absolute atomic E-state index is 0.0473. The van der Waals surface area contributed by atoms with Crippen LogP contribution in [-0.2, 0) is 0 Å². The molecule has 0 aliphatic carbocycles. The van der Waals surface area contributed by atoms with Crippen LogP contribution in [0.4, 0.5) is 18.3 Å². The summed E-state index contributed by atoms with van der Waals surface area (Å²) in [6.07, 6.45) is -4.44. The van der Waals surface area contributed by atoms with Crippen LogP contribution in [0.5, 0.6) is 0 Å². The van der Waals surface area contributed by atoms with E-state index < -0.39 is 24.7 Å². The normalized spacial score (nSPS) is 11.7. The molecule has 19 heavy (non-hydrogen) atoms. The van der Waals surface area contributed by atoms with Gasteiger partial charge in [-0.05, 0) is 20.8 Å². The first-order valence-electron chi connectivity index (χ1n) is 5.69. The molecular formula is C10H15F3N4OS. The topological polar surface area (TPSA) is 58.1 Å². The highest BCUT2D eigenvalue weighted by atomic mass is 32.1. The molecule has 0 saturated heterocycles. The summed E-state index contributed by atoms with van der Waals surface area (Å²) in [5.41, 5.74) is 0. The second-order valence-corrected chi connectivity index (χ2v) is 5.06. The second kappa shape index (κ2) is 6.18. The molecule has 1 rings (SSSR count). The molecule has 0 atom stereocenters. The molecule has 1 N–H and O–H groups in total. The van der Waals surface area contributed by atoms with Gasteiger partial charge in [-0.2, -0.15) is 13.2 Å². The van der Waals surface area contributed by atoms with Gasteiger partial charge in [-0.25, -0.2) is 0 Å². The number of carbonyl (C=O) groups is 1. The molecular weight excluding hydrogens is 281 g/mol. The van der Waals surface area contributed by atoms with Gasteiger partial charge in [0.2, 0.25) is 10.1 Å². The Bertz CT molecular complexity index is 433. The molecule has 0 aliphatic rings. The van der Waals surface area contributed by atoms with Crippen molar-refractivity contribution in [1.82, 2.24) is 15.1 Å². The first-order chi connectivity index (χ1) is 8.74. The number of hydrogen-bond donors (Lipinski definition) is 1. The third-order valence-electron chi connectivity index (χ3n) is 2.17. The molecule has 0 fully saturated rings. The van der Waals surface area contributed by atoms with E-state index in [1.165, 1.54) is 13.8 Å². The Balaban J connectivity index is 2.86. The fraction of sp³-hybridized carbons (Fsp3) is 0.700. The lowest BCUT2D eigenvalue weighted by Crippen LogP contribution is -2.43. The van der Waals surface area contributed by atoms with Crippen LogP contribution >= 0.6 is 11.3 Å². The zero-order valence-corrected chi connectivity index (χ0v) is 11.6. The predicted molar refractivity (Wildman–Crippen MR) is 66.3 cm³/mol.